The largest absolute Gasteiger partial charge is 0.409 e. The van der Waals surface area contributed by atoms with Gasteiger partial charge in [-0.1, -0.05) is 5.16 Å². The van der Waals surface area contributed by atoms with Crippen molar-refractivity contribution in [2.75, 3.05) is 26.3 Å². The zero-order valence-electron chi connectivity index (χ0n) is 9.11. The minimum atomic E-state index is 0.293. The van der Waals surface area contributed by atoms with E-state index < -0.39 is 0 Å². The Morgan fingerprint density at radius 3 is 2.93 bits per heavy atom. The van der Waals surface area contributed by atoms with E-state index in [-0.39, 0.29) is 0 Å². The summed E-state index contributed by atoms with van der Waals surface area (Å²) in [5, 5.41) is 14.4. The van der Waals surface area contributed by atoms with Crippen LogP contribution < -0.4 is 11.1 Å². The van der Waals surface area contributed by atoms with Crippen LogP contribution in [0.5, 0.6) is 0 Å². The third-order valence-corrected chi connectivity index (χ3v) is 2.39. The van der Waals surface area contributed by atoms with Crippen molar-refractivity contribution in [3.8, 4) is 0 Å². The van der Waals surface area contributed by atoms with Gasteiger partial charge in [-0.2, -0.15) is 0 Å². The van der Waals surface area contributed by atoms with Crippen molar-refractivity contribution in [1.82, 2.24) is 5.32 Å². The molecule has 0 aromatic rings. The predicted octanol–water partition coefficient (Wildman–Crippen LogP) is 0.529. The molecular weight excluding hydrogens is 194 g/mol. The van der Waals surface area contributed by atoms with Crippen LogP contribution >= 0.6 is 0 Å². The third kappa shape index (κ3) is 7.16. The molecule has 0 radical (unpaired) electrons. The highest BCUT2D eigenvalue weighted by molar-refractivity contribution is 5.79. The van der Waals surface area contributed by atoms with Crippen LogP contribution in [0.15, 0.2) is 5.16 Å². The van der Waals surface area contributed by atoms with E-state index in [4.69, 9.17) is 15.7 Å². The van der Waals surface area contributed by atoms with E-state index in [1.807, 2.05) is 0 Å². The monoisotopic (exact) mass is 215 g/mol. The first-order chi connectivity index (χ1) is 7.33. The van der Waals surface area contributed by atoms with Crippen LogP contribution in [0.2, 0.25) is 0 Å². The first-order valence-corrected chi connectivity index (χ1v) is 5.58. The van der Waals surface area contributed by atoms with Crippen molar-refractivity contribution >= 4 is 5.84 Å². The van der Waals surface area contributed by atoms with Crippen molar-refractivity contribution in [3.05, 3.63) is 0 Å². The van der Waals surface area contributed by atoms with E-state index in [0.29, 0.717) is 12.3 Å². The van der Waals surface area contributed by atoms with Crippen molar-refractivity contribution in [3.63, 3.8) is 0 Å². The van der Waals surface area contributed by atoms with Crippen molar-refractivity contribution in [2.45, 2.75) is 25.7 Å². The van der Waals surface area contributed by atoms with Gasteiger partial charge < -0.3 is 21.0 Å². The molecule has 0 saturated heterocycles. The molecule has 1 saturated carbocycles. The Morgan fingerprint density at radius 1 is 1.47 bits per heavy atom. The molecule has 0 aromatic carbocycles. The second-order valence-electron chi connectivity index (χ2n) is 3.96. The van der Waals surface area contributed by atoms with E-state index in [1.165, 1.54) is 12.8 Å². The van der Waals surface area contributed by atoms with E-state index in [9.17, 15) is 0 Å². The Bertz CT molecular complexity index is 193. The van der Waals surface area contributed by atoms with Gasteiger partial charge in [-0.25, -0.2) is 0 Å². The van der Waals surface area contributed by atoms with Gasteiger partial charge in [-0.15, -0.1) is 0 Å². The van der Waals surface area contributed by atoms with Crippen LogP contribution in [0, 0.1) is 5.92 Å². The fourth-order valence-corrected chi connectivity index (χ4v) is 1.25. The van der Waals surface area contributed by atoms with Crippen LogP contribution in [0.4, 0.5) is 0 Å². The minimum Gasteiger partial charge on any atom is -0.409 e. The lowest BCUT2D eigenvalue weighted by Crippen LogP contribution is -2.22. The fourth-order valence-electron chi connectivity index (χ4n) is 1.25. The predicted molar refractivity (Wildman–Crippen MR) is 59.1 cm³/mol. The molecular formula is C10H21N3O2. The summed E-state index contributed by atoms with van der Waals surface area (Å²) in [6.07, 6.45) is 4.20. The van der Waals surface area contributed by atoms with Gasteiger partial charge in [0.25, 0.3) is 0 Å². The molecule has 0 unspecified atom stereocenters. The molecule has 1 aliphatic rings. The average molecular weight is 215 g/mol. The minimum absolute atomic E-state index is 0.293. The first-order valence-electron chi connectivity index (χ1n) is 5.58. The SMILES string of the molecule is NC(CCCNCCOCC1CC1)=NO. The number of nitrogens with one attached hydrogen (secondary N) is 1. The number of nitrogens with zero attached hydrogens (tertiary/aromatic N) is 1. The van der Waals surface area contributed by atoms with E-state index in [2.05, 4.69) is 10.5 Å². The second kappa shape index (κ2) is 7.48. The number of nitrogens with two attached hydrogens (primary N) is 1. The standard InChI is InChI=1S/C10H21N3O2/c11-10(13-14)2-1-5-12-6-7-15-8-9-3-4-9/h9,12,14H,1-8H2,(H2,11,13). The third-order valence-electron chi connectivity index (χ3n) is 2.39. The van der Waals surface area contributed by atoms with Gasteiger partial charge in [0.05, 0.1) is 6.61 Å². The van der Waals surface area contributed by atoms with Crippen molar-refractivity contribution in [1.29, 1.82) is 0 Å². The van der Waals surface area contributed by atoms with Crippen LogP contribution in [0.3, 0.4) is 0 Å². The summed E-state index contributed by atoms with van der Waals surface area (Å²) in [7, 11) is 0. The molecule has 1 rings (SSSR count). The lowest BCUT2D eigenvalue weighted by Gasteiger charge is -2.05. The summed E-state index contributed by atoms with van der Waals surface area (Å²) >= 11 is 0. The smallest absolute Gasteiger partial charge is 0.139 e. The second-order valence-corrected chi connectivity index (χ2v) is 3.96. The Labute approximate surface area is 90.7 Å². The number of ether oxygens (including phenoxy) is 1. The van der Waals surface area contributed by atoms with Crippen LogP contribution in [0.25, 0.3) is 0 Å². The Balaban J connectivity index is 1.72. The zero-order chi connectivity index (χ0) is 10.9. The highest BCUT2D eigenvalue weighted by Crippen LogP contribution is 2.28. The van der Waals surface area contributed by atoms with Crippen LogP contribution in [0.1, 0.15) is 25.7 Å². The zero-order valence-corrected chi connectivity index (χ0v) is 9.11. The summed E-state index contributed by atoms with van der Waals surface area (Å²) in [5.41, 5.74) is 5.32. The van der Waals surface area contributed by atoms with Crippen LogP contribution in [-0.2, 0) is 4.74 Å². The molecule has 0 aliphatic heterocycles. The molecule has 0 spiro atoms. The maximum absolute atomic E-state index is 8.29. The van der Waals surface area contributed by atoms with Gasteiger partial charge in [-0.05, 0) is 31.7 Å². The molecule has 0 heterocycles. The summed E-state index contributed by atoms with van der Waals surface area (Å²) in [4.78, 5) is 0. The number of amidine groups is 1. The molecule has 15 heavy (non-hydrogen) atoms. The quantitative estimate of drug-likeness (QED) is 0.172. The lowest BCUT2D eigenvalue weighted by atomic mass is 10.3. The molecule has 1 fully saturated rings. The number of rotatable bonds is 9. The molecule has 0 bridgehead atoms. The fraction of sp³-hybridized carbons (Fsp3) is 0.900. The Kier molecular flexibility index (Phi) is 6.11. The van der Waals surface area contributed by atoms with Gasteiger partial charge in [0.2, 0.25) is 0 Å². The first kappa shape index (κ1) is 12.3. The maximum Gasteiger partial charge on any atom is 0.139 e. The van der Waals surface area contributed by atoms with Crippen LogP contribution in [-0.4, -0.2) is 37.3 Å². The number of hydrogen-bond donors (Lipinski definition) is 3. The average Bonchev–Trinajstić information content (AvgIpc) is 3.05. The molecule has 1 aliphatic carbocycles. The normalized spacial score (nSPS) is 16.9. The van der Waals surface area contributed by atoms with Gasteiger partial charge in [0.15, 0.2) is 0 Å². The number of oxime groups is 1. The lowest BCUT2D eigenvalue weighted by molar-refractivity contribution is 0.126. The highest BCUT2D eigenvalue weighted by atomic mass is 16.5. The highest BCUT2D eigenvalue weighted by Gasteiger charge is 2.20. The van der Waals surface area contributed by atoms with E-state index in [0.717, 1.165) is 38.6 Å². The maximum atomic E-state index is 8.29. The van der Waals surface area contributed by atoms with Gasteiger partial charge in [-0.3, -0.25) is 0 Å². The van der Waals surface area contributed by atoms with Gasteiger partial charge >= 0.3 is 0 Å². The molecule has 0 aromatic heterocycles. The molecule has 0 atom stereocenters. The Hall–Kier alpha value is -0.810. The topological polar surface area (TPSA) is 79.9 Å². The summed E-state index contributed by atoms with van der Waals surface area (Å²) < 4.78 is 5.46. The van der Waals surface area contributed by atoms with Gasteiger partial charge in [0.1, 0.15) is 5.84 Å². The van der Waals surface area contributed by atoms with Crippen molar-refractivity contribution < 1.29 is 9.94 Å². The van der Waals surface area contributed by atoms with Crippen molar-refractivity contribution in [2.24, 2.45) is 16.8 Å². The molecule has 88 valence electrons. The molecule has 5 heteroatoms. The molecule has 5 nitrogen and oxygen atoms in total. The van der Waals surface area contributed by atoms with E-state index >= 15 is 0 Å². The summed E-state index contributed by atoms with van der Waals surface area (Å²) in [6.45, 7) is 3.46. The van der Waals surface area contributed by atoms with E-state index in [1.54, 1.807) is 0 Å². The number of hydrogen-bond acceptors (Lipinski definition) is 4. The summed E-state index contributed by atoms with van der Waals surface area (Å²) in [5.74, 6) is 1.13. The molecule has 4 N–H and O–H groups in total. The Morgan fingerprint density at radius 2 is 2.27 bits per heavy atom. The summed E-state index contributed by atoms with van der Waals surface area (Å²) in [6, 6.07) is 0. The molecule has 0 amide bonds. The van der Waals surface area contributed by atoms with Gasteiger partial charge in [0, 0.05) is 19.6 Å².